The topological polar surface area (TPSA) is 106 Å². The van der Waals surface area contributed by atoms with Gasteiger partial charge in [0.05, 0.1) is 6.42 Å². The van der Waals surface area contributed by atoms with Crippen LogP contribution in [0.15, 0.2) is 60.9 Å². The van der Waals surface area contributed by atoms with E-state index in [4.69, 9.17) is 10.2 Å². The maximum Gasteiger partial charge on any atom is 0.307 e. The number of aromatic nitrogens is 2. The molecule has 6 nitrogen and oxygen atoms in total. The van der Waals surface area contributed by atoms with Crippen LogP contribution in [0.3, 0.4) is 0 Å². The number of fused-ring (bicyclic) bond motifs is 2. The molecular formula is C22H22N2O4. The van der Waals surface area contributed by atoms with Crippen molar-refractivity contribution in [2.75, 3.05) is 0 Å². The summed E-state index contributed by atoms with van der Waals surface area (Å²) in [4.78, 5) is 27.1. The molecule has 144 valence electrons. The van der Waals surface area contributed by atoms with Crippen LogP contribution in [0.25, 0.3) is 21.8 Å². The number of hydrogen-bond acceptors (Lipinski definition) is 2. The van der Waals surface area contributed by atoms with Crippen molar-refractivity contribution in [2.24, 2.45) is 0 Å². The number of H-pyrrole nitrogens is 2. The highest BCUT2D eigenvalue weighted by molar-refractivity contribution is 5.86. The van der Waals surface area contributed by atoms with Crippen molar-refractivity contribution >= 4 is 33.7 Å². The van der Waals surface area contributed by atoms with Gasteiger partial charge in [-0.25, -0.2) is 0 Å². The Kier molecular flexibility index (Phi) is 6.11. The molecule has 0 amide bonds. The zero-order valence-electron chi connectivity index (χ0n) is 15.3. The molecule has 0 aliphatic carbocycles. The Morgan fingerprint density at radius 1 is 0.750 bits per heavy atom. The first-order valence-corrected chi connectivity index (χ1v) is 9.08. The lowest BCUT2D eigenvalue weighted by Gasteiger charge is -1.96. The van der Waals surface area contributed by atoms with Gasteiger partial charge < -0.3 is 20.2 Å². The molecule has 0 aliphatic heterocycles. The van der Waals surface area contributed by atoms with Crippen LogP contribution in [-0.2, 0) is 22.4 Å². The summed E-state index contributed by atoms with van der Waals surface area (Å²) in [6.07, 6.45) is 5.53. The summed E-state index contributed by atoms with van der Waals surface area (Å²) >= 11 is 0. The number of carboxylic acid groups (broad SMARTS) is 2. The number of rotatable bonds is 6. The molecule has 0 aliphatic rings. The van der Waals surface area contributed by atoms with E-state index in [9.17, 15) is 9.59 Å². The predicted molar refractivity (Wildman–Crippen MR) is 109 cm³/mol. The van der Waals surface area contributed by atoms with E-state index in [0.29, 0.717) is 6.42 Å². The molecule has 4 aromatic rings. The fraction of sp³-hybridized carbons (Fsp3) is 0.182. The third kappa shape index (κ3) is 4.79. The molecular weight excluding hydrogens is 356 g/mol. The van der Waals surface area contributed by atoms with Gasteiger partial charge in [-0.05, 0) is 36.1 Å². The van der Waals surface area contributed by atoms with E-state index in [0.717, 1.165) is 28.4 Å². The maximum atomic E-state index is 10.5. The van der Waals surface area contributed by atoms with Crippen LogP contribution in [0.4, 0.5) is 0 Å². The molecule has 0 saturated heterocycles. The lowest BCUT2D eigenvalue weighted by atomic mass is 10.1. The zero-order valence-corrected chi connectivity index (χ0v) is 15.3. The van der Waals surface area contributed by atoms with Crippen LogP contribution < -0.4 is 0 Å². The first kappa shape index (κ1) is 19.2. The Hall–Kier alpha value is -3.54. The Morgan fingerprint density at radius 2 is 1.29 bits per heavy atom. The minimum absolute atomic E-state index is 0.0734. The smallest absolute Gasteiger partial charge is 0.307 e. The summed E-state index contributed by atoms with van der Waals surface area (Å²) in [5.74, 6) is -1.53. The minimum Gasteiger partial charge on any atom is -0.481 e. The van der Waals surface area contributed by atoms with Crippen LogP contribution in [0.5, 0.6) is 0 Å². The van der Waals surface area contributed by atoms with Crippen molar-refractivity contribution in [1.82, 2.24) is 9.97 Å². The molecule has 28 heavy (non-hydrogen) atoms. The number of nitrogens with one attached hydrogen (secondary N) is 2. The number of aliphatic carboxylic acids is 2. The molecule has 6 heteroatoms. The van der Waals surface area contributed by atoms with Gasteiger partial charge in [0.1, 0.15) is 0 Å². The van der Waals surface area contributed by atoms with Gasteiger partial charge in [0.15, 0.2) is 0 Å². The first-order valence-electron chi connectivity index (χ1n) is 9.08. The standard InChI is InChI=1S/C12H13NO2.C10H9NO2/c14-12(15)7-3-4-9-8-13-11-6-2-1-5-10(9)11;12-10(13)5-7-6-11-9-4-2-1-3-8(7)9/h1-2,5-6,8,13H,3-4,7H2,(H,14,15);1-4,6,11H,5H2,(H,12,13). The molecule has 2 aromatic carbocycles. The highest BCUT2D eigenvalue weighted by atomic mass is 16.4. The Balaban J connectivity index is 0.000000162. The number of carboxylic acids is 2. The largest absolute Gasteiger partial charge is 0.481 e. The number of para-hydroxylation sites is 2. The van der Waals surface area contributed by atoms with Crippen LogP contribution in [0.1, 0.15) is 24.0 Å². The normalized spacial score (nSPS) is 10.6. The van der Waals surface area contributed by atoms with E-state index in [1.807, 2.05) is 48.7 Å². The molecule has 0 unspecified atom stereocenters. The third-order valence-electron chi connectivity index (χ3n) is 4.53. The highest BCUT2D eigenvalue weighted by Crippen LogP contribution is 2.19. The fourth-order valence-electron chi connectivity index (χ4n) is 3.21. The van der Waals surface area contributed by atoms with Crippen molar-refractivity contribution < 1.29 is 19.8 Å². The molecule has 0 spiro atoms. The van der Waals surface area contributed by atoms with Gasteiger partial charge in [-0.1, -0.05) is 36.4 Å². The van der Waals surface area contributed by atoms with E-state index >= 15 is 0 Å². The molecule has 0 bridgehead atoms. The second-order valence-electron chi connectivity index (χ2n) is 6.54. The average molecular weight is 378 g/mol. The molecule has 2 aromatic heterocycles. The van der Waals surface area contributed by atoms with Crippen molar-refractivity contribution in [3.8, 4) is 0 Å². The van der Waals surface area contributed by atoms with Gasteiger partial charge in [-0.15, -0.1) is 0 Å². The monoisotopic (exact) mass is 378 g/mol. The molecule has 0 fully saturated rings. The number of aryl methyl sites for hydroxylation is 1. The summed E-state index contributed by atoms with van der Waals surface area (Å²) in [5.41, 5.74) is 4.14. The van der Waals surface area contributed by atoms with Gasteiger partial charge in [-0.2, -0.15) is 0 Å². The lowest BCUT2D eigenvalue weighted by Crippen LogP contribution is -1.98. The molecule has 0 atom stereocenters. The second-order valence-corrected chi connectivity index (χ2v) is 6.54. The van der Waals surface area contributed by atoms with Crippen molar-refractivity contribution in [1.29, 1.82) is 0 Å². The van der Waals surface area contributed by atoms with Gasteiger partial charge >= 0.3 is 11.9 Å². The summed E-state index contributed by atoms with van der Waals surface area (Å²) in [6.45, 7) is 0. The van der Waals surface area contributed by atoms with Gasteiger partial charge in [0, 0.05) is 40.6 Å². The van der Waals surface area contributed by atoms with Gasteiger partial charge in [0.25, 0.3) is 0 Å². The van der Waals surface area contributed by atoms with E-state index in [-0.39, 0.29) is 12.8 Å². The Bertz CT molecular complexity index is 1090. The molecule has 4 N–H and O–H groups in total. The van der Waals surface area contributed by atoms with Crippen LogP contribution in [0.2, 0.25) is 0 Å². The minimum atomic E-state index is -0.801. The Labute approximate surface area is 161 Å². The van der Waals surface area contributed by atoms with E-state index in [1.54, 1.807) is 6.20 Å². The SMILES string of the molecule is O=C(O)CCCc1c[nH]c2ccccc12.O=C(O)Cc1c[nH]c2ccccc12. The molecule has 2 heterocycles. The van der Waals surface area contributed by atoms with Crippen molar-refractivity contribution in [2.45, 2.75) is 25.7 Å². The quantitative estimate of drug-likeness (QED) is 0.400. The summed E-state index contributed by atoms with van der Waals surface area (Å²) in [5, 5.41) is 19.4. The van der Waals surface area contributed by atoms with E-state index in [2.05, 4.69) is 16.0 Å². The van der Waals surface area contributed by atoms with Gasteiger partial charge in [-0.3, -0.25) is 9.59 Å². The first-order chi connectivity index (χ1) is 13.5. The second kappa shape index (κ2) is 8.90. The Morgan fingerprint density at radius 3 is 1.86 bits per heavy atom. The van der Waals surface area contributed by atoms with Crippen LogP contribution in [0, 0.1) is 0 Å². The summed E-state index contributed by atoms with van der Waals surface area (Å²) in [7, 11) is 0. The zero-order chi connectivity index (χ0) is 19.9. The van der Waals surface area contributed by atoms with Crippen molar-refractivity contribution in [3.63, 3.8) is 0 Å². The number of carbonyl (C=O) groups is 2. The van der Waals surface area contributed by atoms with Gasteiger partial charge in [0.2, 0.25) is 0 Å². The van der Waals surface area contributed by atoms with Crippen LogP contribution in [-0.4, -0.2) is 32.1 Å². The van der Waals surface area contributed by atoms with Crippen molar-refractivity contribution in [3.05, 3.63) is 72.1 Å². The highest BCUT2D eigenvalue weighted by Gasteiger charge is 2.06. The number of hydrogen-bond donors (Lipinski definition) is 4. The lowest BCUT2D eigenvalue weighted by molar-refractivity contribution is -0.137. The summed E-state index contributed by atoms with van der Waals surface area (Å²) < 4.78 is 0. The molecule has 0 saturated carbocycles. The average Bonchev–Trinajstić information content (AvgIpc) is 3.27. The predicted octanol–water partition coefficient (Wildman–Crippen LogP) is 4.37. The number of benzene rings is 2. The van der Waals surface area contributed by atoms with E-state index in [1.165, 1.54) is 10.9 Å². The maximum absolute atomic E-state index is 10.5. The summed E-state index contributed by atoms with van der Waals surface area (Å²) in [6, 6.07) is 15.7. The molecule has 0 radical (unpaired) electrons. The van der Waals surface area contributed by atoms with E-state index < -0.39 is 11.9 Å². The fourth-order valence-corrected chi connectivity index (χ4v) is 3.21. The number of aromatic amines is 2. The van der Waals surface area contributed by atoms with Crippen LogP contribution >= 0.6 is 0 Å². The third-order valence-corrected chi connectivity index (χ3v) is 4.53. The molecule has 4 rings (SSSR count).